The number of pyridine rings is 1. The summed E-state index contributed by atoms with van der Waals surface area (Å²) in [4.78, 5) is 24.6. The molecule has 0 saturated carbocycles. The van der Waals surface area contributed by atoms with Gasteiger partial charge < -0.3 is 30.4 Å². The molecule has 0 radical (unpaired) electrons. The Balaban J connectivity index is 2.18. The molecule has 0 unspecified atom stereocenters. The highest BCUT2D eigenvalue weighted by Gasteiger charge is 2.24. The summed E-state index contributed by atoms with van der Waals surface area (Å²) in [5.41, 5.74) is 13.0. The molecular weight excluding hydrogens is 362 g/mol. The number of hydrogen-bond acceptors (Lipinski definition) is 6. The topological polar surface area (TPSA) is 129 Å². The van der Waals surface area contributed by atoms with Crippen molar-refractivity contribution in [3.05, 3.63) is 58.9 Å². The second-order valence-electron chi connectivity index (χ2n) is 6.20. The SMILES string of the molecule is COc1c(C)c(C(=O)c2ccc(N)c(C(=O)O)c2)n2cc(OCCN)ccc12. The number of anilines is 1. The third-order valence-electron chi connectivity index (χ3n) is 4.44. The number of methoxy groups -OCH3 is 1. The first-order valence-corrected chi connectivity index (χ1v) is 8.58. The van der Waals surface area contributed by atoms with Crippen LogP contribution in [0.3, 0.4) is 0 Å². The van der Waals surface area contributed by atoms with Crippen LogP contribution in [0, 0.1) is 6.92 Å². The van der Waals surface area contributed by atoms with Gasteiger partial charge in [-0.15, -0.1) is 0 Å². The van der Waals surface area contributed by atoms with Crippen LogP contribution in [0.2, 0.25) is 0 Å². The molecule has 2 aromatic heterocycles. The Morgan fingerprint density at radius 2 is 1.96 bits per heavy atom. The van der Waals surface area contributed by atoms with Crippen LogP contribution in [-0.4, -0.2) is 41.5 Å². The largest absolute Gasteiger partial charge is 0.494 e. The van der Waals surface area contributed by atoms with Gasteiger partial charge in [0.2, 0.25) is 5.78 Å². The number of carboxylic acid groups (broad SMARTS) is 1. The smallest absolute Gasteiger partial charge is 0.337 e. The van der Waals surface area contributed by atoms with Crippen LogP contribution in [0.15, 0.2) is 36.5 Å². The number of rotatable bonds is 7. The zero-order valence-corrected chi connectivity index (χ0v) is 15.6. The number of carbonyl (C=O) groups is 2. The number of ether oxygens (including phenoxy) is 2. The summed E-state index contributed by atoms with van der Waals surface area (Å²) in [5.74, 6) is -0.441. The van der Waals surface area contributed by atoms with Gasteiger partial charge in [0.25, 0.3) is 0 Å². The first-order valence-electron chi connectivity index (χ1n) is 8.58. The van der Waals surface area contributed by atoms with Gasteiger partial charge in [0.15, 0.2) is 0 Å². The van der Waals surface area contributed by atoms with Crippen LogP contribution in [0.5, 0.6) is 11.5 Å². The Bertz CT molecular complexity index is 1070. The number of nitrogen functional groups attached to an aromatic ring is 1. The van der Waals surface area contributed by atoms with Crippen molar-refractivity contribution in [3.63, 3.8) is 0 Å². The number of benzene rings is 1. The molecule has 0 bridgehead atoms. The minimum absolute atomic E-state index is 0.0934. The highest BCUT2D eigenvalue weighted by Crippen LogP contribution is 2.33. The molecule has 5 N–H and O–H groups in total. The lowest BCUT2D eigenvalue weighted by Crippen LogP contribution is -2.12. The van der Waals surface area contributed by atoms with Gasteiger partial charge in [-0.2, -0.15) is 0 Å². The molecule has 0 aliphatic heterocycles. The lowest BCUT2D eigenvalue weighted by molar-refractivity contribution is 0.0698. The van der Waals surface area contributed by atoms with E-state index in [1.54, 1.807) is 29.7 Å². The number of hydrogen-bond donors (Lipinski definition) is 3. The number of aromatic carboxylic acids is 1. The van der Waals surface area contributed by atoms with Crippen LogP contribution < -0.4 is 20.9 Å². The lowest BCUT2D eigenvalue weighted by atomic mass is 10.0. The molecule has 8 heteroatoms. The van der Waals surface area contributed by atoms with Gasteiger partial charge in [-0.25, -0.2) is 4.79 Å². The summed E-state index contributed by atoms with van der Waals surface area (Å²) in [6, 6.07) is 7.76. The normalized spacial score (nSPS) is 10.8. The van der Waals surface area contributed by atoms with Crippen molar-refractivity contribution in [2.75, 3.05) is 26.0 Å². The molecule has 0 amide bonds. The number of nitrogens with two attached hydrogens (primary N) is 2. The van der Waals surface area contributed by atoms with E-state index in [4.69, 9.17) is 20.9 Å². The van der Waals surface area contributed by atoms with Crippen molar-refractivity contribution >= 4 is 23.0 Å². The Morgan fingerprint density at radius 1 is 1.21 bits per heavy atom. The fourth-order valence-electron chi connectivity index (χ4n) is 3.15. The molecule has 0 atom stereocenters. The third kappa shape index (κ3) is 3.25. The molecule has 0 spiro atoms. The van der Waals surface area contributed by atoms with Crippen LogP contribution in [-0.2, 0) is 0 Å². The van der Waals surface area contributed by atoms with Crippen LogP contribution in [0.4, 0.5) is 5.69 Å². The molecule has 0 saturated heterocycles. The summed E-state index contributed by atoms with van der Waals surface area (Å²) in [5, 5.41) is 9.29. The van der Waals surface area contributed by atoms with Gasteiger partial charge >= 0.3 is 5.97 Å². The van der Waals surface area contributed by atoms with Crippen molar-refractivity contribution in [3.8, 4) is 11.5 Å². The number of nitrogens with zero attached hydrogens (tertiary/aromatic N) is 1. The number of aromatic nitrogens is 1. The number of carbonyl (C=O) groups excluding carboxylic acids is 1. The molecule has 0 aliphatic rings. The second kappa shape index (κ2) is 7.61. The first kappa shape index (κ1) is 19.2. The van der Waals surface area contributed by atoms with Crippen molar-refractivity contribution < 1.29 is 24.2 Å². The van der Waals surface area contributed by atoms with Gasteiger partial charge in [0.05, 0.1) is 24.4 Å². The number of fused-ring (bicyclic) bond motifs is 1. The highest BCUT2D eigenvalue weighted by atomic mass is 16.5. The summed E-state index contributed by atoms with van der Waals surface area (Å²) in [6.45, 7) is 2.47. The molecule has 2 heterocycles. The van der Waals surface area contributed by atoms with Crippen LogP contribution >= 0.6 is 0 Å². The summed E-state index contributed by atoms with van der Waals surface area (Å²) >= 11 is 0. The second-order valence-corrected chi connectivity index (χ2v) is 6.20. The van der Waals surface area contributed by atoms with E-state index in [0.717, 1.165) is 0 Å². The van der Waals surface area contributed by atoms with Crippen molar-refractivity contribution in [1.82, 2.24) is 4.40 Å². The first-order chi connectivity index (χ1) is 13.4. The summed E-state index contributed by atoms with van der Waals surface area (Å²) in [7, 11) is 1.53. The quantitative estimate of drug-likeness (QED) is 0.421. The van der Waals surface area contributed by atoms with Crippen molar-refractivity contribution in [2.45, 2.75) is 6.92 Å². The van der Waals surface area contributed by atoms with E-state index in [1.807, 2.05) is 0 Å². The standard InChI is InChI=1S/C20H21N3O5/c1-11-17(18(24)12-3-5-15(22)14(9-12)20(25)26)23-10-13(28-8-7-21)4-6-16(23)19(11)27-2/h3-6,9-10H,7-8,21-22H2,1-2H3,(H,25,26). The Morgan fingerprint density at radius 3 is 2.61 bits per heavy atom. The van der Waals surface area contributed by atoms with Gasteiger partial charge in [0.1, 0.15) is 23.8 Å². The predicted molar refractivity (Wildman–Crippen MR) is 104 cm³/mol. The van der Waals surface area contributed by atoms with Crippen LogP contribution in [0.25, 0.3) is 5.52 Å². The van der Waals surface area contributed by atoms with E-state index in [9.17, 15) is 14.7 Å². The summed E-state index contributed by atoms with van der Waals surface area (Å²) < 4.78 is 12.7. The van der Waals surface area contributed by atoms with Crippen molar-refractivity contribution in [2.24, 2.45) is 5.73 Å². The Labute approximate surface area is 161 Å². The molecule has 3 rings (SSSR count). The molecule has 0 fully saturated rings. The van der Waals surface area contributed by atoms with Crippen molar-refractivity contribution in [1.29, 1.82) is 0 Å². The van der Waals surface area contributed by atoms with Gasteiger partial charge in [0, 0.05) is 23.4 Å². The maximum atomic E-state index is 13.3. The molecule has 146 valence electrons. The molecule has 0 aliphatic carbocycles. The average molecular weight is 383 g/mol. The fraction of sp³-hybridized carbons (Fsp3) is 0.200. The van der Waals surface area contributed by atoms with E-state index < -0.39 is 5.97 Å². The van der Waals surface area contributed by atoms with Gasteiger partial charge in [-0.3, -0.25) is 4.79 Å². The predicted octanol–water partition coefficient (Wildman–Crippen LogP) is 2.11. The van der Waals surface area contributed by atoms with E-state index in [1.165, 1.54) is 25.3 Å². The van der Waals surface area contributed by atoms with Gasteiger partial charge in [-0.05, 0) is 37.3 Å². The van der Waals surface area contributed by atoms with E-state index >= 15 is 0 Å². The molecule has 8 nitrogen and oxygen atoms in total. The average Bonchev–Trinajstić information content (AvgIpc) is 2.96. The Kier molecular flexibility index (Phi) is 5.23. The highest BCUT2D eigenvalue weighted by molar-refractivity contribution is 6.11. The van der Waals surface area contributed by atoms with E-state index in [0.29, 0.717) is 41.4 Å². The number of carboxylic acids is 1. The molecular formula is C20H21N3O5. The maximum Gasteiger partial charge on any atom is 0.337 e. The summed E-state index contributed by atoms with van der Waals surface area (Å²) in [6.07, 6.45) is 1.68. The monoisotopic (exact) mass is 383 g/mol. The minimum atomic E-state index is -1.20. The Hall–Kier alpha value is -3.52. The van der Waals surface area contributed by atoms with E-state index in [2.05, 4.69) is 0 Å². The zero-order valence-electron chi connectivity index (χ0n) is 15.6. The molecule has 3 aromatic rings. The number of ketones is 1. The molecule has 28 heavy (non-hydrogen) atoms. The third-order valence-corrected chi connectivity index (χ3v) is 4.44. The molecule has 1 aromatic carbocycles. The fourth-order valence-corrected chi connectivity index (χ4v) is 3.15. The lowest BCUT2D eigenvalue weighted by Gasteiger charge is -2.09. The van der Waals surface area contributed by atoms with Crippen LogP contribution in [0.1, 0.15) is 32.0 Å². The van der Waals surface area contributed by atoms with E-state index in [-0.39, 0.29) is 22.6 Å². The zero-order chi connectivity index (χ0) is 20.4. The van der Waals surface area contributed by atoms with Gasteiger partial charge in [-0.1, -0.05) is 0 Å². The minimum Gasteiger partial charge on any atom is -0.494 e. The maximum absolute atomic E-state index is 13.3.